The molecule has 0 spiro atoms. The molecule has 1 heterocycles. The minimum atomic E-state index is -0.513. The molecule has 2 rings (SSSR count). The summed E-state index contributed by atoms with van der Waals surface area (Å²) in [6.07, 6.45) is 2.99. The molecule has 1 aliphatic heterocycles. The predicted octanol–water partition coefficient (Wildman–Crippen LogP) is 3.05. The molecule has 0 saturated carbocycles. The van der Waals surface area contributed by atoms with Crippen LogP contribution in [-0.4, -0.2) is 65.3 Å². The average Bonchev–Trinajstić information content (AvgIpc) is 3.23. The van der Waals surface area contributed by atoms with E-state index in [9.17, 15) is 14.4 Å². The Hall–Kier alpha value is -3.11. The smallest absolute Gasteiger partial charge is 0.344 e. The number of allylic oxidation sites excluding steroid dienone is 2. The van der Waals surface area contributed by atoms with Gasteiger partial charge in [-0.15, -0.1) is 0 Å². The zero-order valence-electron chi connectivity index (χ0n) is 21.0. The van der Waals surface area contributed by atoms with Crippen LogP contribution in [0.25, 0.3) is 0 Å². The molecular weight excluding hydrogens is 460 g/mol. The third kappa shape index (κ3) is 7.97. The van der Waals surface area contributed by atoms with Crippen LogP contribution in [0.4, 0.5) is 0 Å². The van der Waals surface area contributed by atoms with Crippen LogP contribution in [0.5, 0.6) is 11.5 Å². The van der Waals surface area contributed by atoms with Gasteiger partial charge in [0.1, 0.15) is 23.7 Å². The van der Waals surface area contributed by atoms with Crippen LogP contribution in [0.1, 0.15) is 53.7 Å². The molecule has 1 aromatic carbocycles. The van der Waals surface area contributed by atoms with Gasteiger partial charge in [0.05, 0.1) is 26.9 Å². The van der Waals surface area contributed by atoms with Crippen LogP contribution in [0, 0.1) is 6.92 Å². The summed E-state index contributed by atoms with van der Waals surface area (Å²) in [4.78, 5) is 36.1. The van der Waals surface area contributed by atoms with Gasteiger partial charge in [-0.25, -0.2) is 9.59 Å². The third-order valence-electron chi connectivity index (χ3n) is 5.39. The molecule has 0 aliphatic carbocycles. The molecule has 0 amide bonds. The van der Waals surface area contributed by atoms with Crippen molar-refractivity contribution in [3.8, 4) is 11.5 Å². The second-order valence-corrected chi connectivity index (χ2v) is 7.78. The van der Waals surface area contributed by atoms with Crippen molar-refractivity contribution in [3.63, 3.8) is 0 Å². The van der Waals surface area contributed by atoms with E-state index >= 15 is 0 Å². The first-order chi connectivity index (χ1) is 16.8. The zero-order valence-corrected chi connectivity index (χ0v) is 21.0. The van der Waals surface area contributed by atoms with Gasteiger partial charge < -0.3 is 33.2 Å². The summed E-state index contributed by atoms with van der Waals surface area (Å²) in [6.45, 7) is 5.99. The fraction of sp³-hybridized carbons (Fsp3) is 0.560. The molecule has 0 fully saturated rings. The quantitative estimate of drug-likeness (QED) is 0.118. The number of carbonyl (C=O) groups excluding carboxylic acids is 3. The Bertz CT molecular complexity index is 935. The van der Waals surface area contributed by atoms with Crippen molar-refractivity contribution in [2.45, 2.75) is 46.6 Å². The number of benzene rings is 1. The predicted molar refractivity (Wildman–Crippen MR) is 124 cm³/mol. The van der Waals surface area contributed by atoms with Gasteiger partial charge in [-0.05, 0) is 39.2 Å². The fourth-order valence-corrected chi connectivity index (χ4v) is 3.50. The van der Waals surface area contributed by atoms with Crippen LogP contribution < -0.4 is 9.47 Å². The minimum Gasteiger partial charge on any atom is -0.481 e. The number of hydrogen-bond donors (Lipinski definition) is 0. The van der Waals surface area contributed by atoms with Crippen molar-refractivity contribution in [3.05, 3.63) is 33.9 Å². The van der Waals surface area contributed by atoms with E-state index in [1.54, 1.807) is 21.0 Å². The van der Waals surface area contributed by atoms with Gasteiger partial charge in [0.2, 0.25) is 0 Å². The van der Waals surface area contributed by atoms with Gasteiger partial charge in [0.25, 0.3) is 0 Å². The molecule has 0 atom stereocenters. The first-order valence-corrected chi connectivity index (χ1v) is 11.4. The maximum absolute atomic E-state index is 12.6. The van der Waals surface area contributed by atoms with E-state index in [1.807, 2.05) is 13.0 Å². The number of hydrogen-bond acceptors (Lipinski definition) is 10. The summed E-state index contributed by atoms with van der Waals surface area (Å²) in [5.41, 5.74) is 3.14. The van der Waals surface area contributed by atoms with Crippen LogP contribution >= 0.6 is 0 Å². The highest BCUT2D eigenvalue weighted by Gasteiger charge is 2.33. The highest BCUT2D eigenvalue weighted by Crippen LogP contribution is 2.43. The first-order valence-electron chi connectivity index (χ1n) is 11.4. The minimum absolute atomic E-state index is 0.0743. The Morgan fingerprint density at radius 2 is 1.83 bits per heavy atom. The molecule has 10 heteroatoms. The second-order valence-electron chi connectivity index (χ2n) is 7.78. The summed E-state index contributed by atoms with van der Waals surface area (Å²) in [5.74, 6) is -0.620. The normalized spacial score (nSPS) is 12.7. The van der Waals surface area contributed by atoms with E-state index in [1.165, 1.54) is 7.11 Å². The van der Waals surface area contributed by atoms with Gasteiger partial charge in [0.15, 0.2) is 13.4 Å². The van der Waals surface area contributed by atoms with E-state index < -0.39 is 11.9 Å². The Labute approximate surface area is 205 Å². The van der Waals surface area contributed by atoms with E-state index in [-0.39, 0.29) is 44.8 Å². The lowest BCUT2D eigenvalue weighted by atomic mass is 9.94. The van der Waals surface area contributed by atoms with Gasteiger partial charge in [0, 0.05) is 24.7 Å². The second kappa shape index (κ2) is 14.3. The van der Waals surface area contributed by atoms with Gasteiger partial charge in [-0.1, -0.05) is 11.6 Å². The monoisotopic (exact) mass is 494 g/mol. The Kier molecular flexibility index (Phi) is 11.5. The molecule has 1 aliphatic rings. The lowest BCUT2D eigenvalue weighted by molar-refractivity contribution is -0.145. The molecule has 35 heavy (non-hydrogen) atoms. The van der Waals surface area contributed by atoms with E-state index in [4.69, 9.17) is 33.2 Å². The average molecular weight is 495 g/mol. The molecule has 0 aromatic heterocycles. The fourth-order valence-electron chi connectivity index (χ4n) is 3.50. The lowest BCUT2D eigenvalue weighted by Gasteiger charge is -2.20. The standard InChI is InChI=1S/C25H34O10/c1-6-32-21(27)14-33-23-17(3)19-13-34-25(28)22(19)24(35-15-31-12-11-29-4)18(23)9-7-16(2)8-10-20(26)30-5/h7H,6,8-15H2,1-5H3/b16-7+. The maximum Gasteiger partial charge on any atom is 0.344 e. The van der Waals surface area contributed by atoms with Crippen molar-refractivity contribution >= 4 is 17.9 Å². The first kappa shape index (κ1) is 28.1. The van der Waals surface area contributed by atoms with Gasteiger partial charge in [-0.2, -0.15) is 0 Å². The SMILES string of the molecule is CCOC(=O)COc1c(C)c2c(c(OCOCCOC)c1C/C=C(\C)CCC(=O)OC)C(=O)OC2. The highest BCUT2D eigenvalue weighted by atomic mass is 16.7. The molecule has 10 nitrogen and oxygen atoms in total. The van der Waals surface area contributed by atoms with Crippen LogP contribution in [0.2, 0.25) is 0 Å². The lowest BCUT2D eigenvalue weighted by Crippen LogP contribution is -2.17. The van der Waals surface area contributed by atoms with Gasteiger partial charge in [-0.3, -0.25) is 4.79 Å². The summed E-state index contributed by atoms with van der Waals surface area (Å²) in [5, 5.41) is 0. The van der Waals surface area contributed by atoms with Crippen LogP contribution in [0.3, 0.4) is 0 Å². The molecule has 0 unspecified atom stereocenters. The summed E-state index contributed by atoms with van der Waals surface area (Å²) >= 11 is 0. The maximum atomic E-state index is 12.6. The number of carbonyl (C=O) groups is 3. The zero-order chi connectivity index (χ0) is 25.8. The van der Waals surface area contributed by atoms with Crippen LogP contribution in [-0.2, 0) is 46.3 Å². The number of esters is 3. The number of fused-ring (bicyclic) bond motifs is 1. The molecule has 0 bridgehead atoms. The van der Waals surface area contributed by atoms with Crippen molar-refractivity contribution in [1.82, 2.24) is 0 Å². The molecule has 1 aromatic rings. The van der Waals surface area contributed by atoms with Crippen LogP contribution in [0.15, 0.2) is 11.6 Å². The number of rotatable bonds is 15. The van der Waals surface area contributed by atoms with Gasteiger partial charge >= 0.3 is 17.9 Å². The van der Waals surface area contributed by atoms with Crippen molar-refractivity contribution < 1.29 is 47.5 Å². The van der Waals surface area contributed by atoms with E-state index in [2.05, 4.69) is 0 Å². The number of cyclic esters (lactones) is 1. The molecule has 0 saturated heterocycles. The van der Waals surface area contributed by atoms with E-state index in [0.29, 0.717) is 54.1 Å². The summed E-state index contributed by atoms with van der Waals surface area (Å²) in [7, 11) is 2.91. The Morgan fingerprint density at radius 1 is 1.06 bits per heavy atom. The number of ether oxygens (including phenoxy) is 7. The Morgan fingerprint density at radius 3 is 2.51 bits per heavy atom. The largest absolute Gasteiger partial charge is 0.481 e. The summed E-state index contributed by atoms with van der Waals surface area (Å²) in [6, 6.07) is 0. The molecular formula is C25H34O10. The summed E-state index contributed by atoms with van der Waals surface area (Å²) < 4.78 is 37.2. The molecule has 0 radical (unpaired) electrons. The highest BCUT2D eigenvalue weighted by molar-refractivity contribution is 5.98. The molecule has 194 valence electrons. The molecule has 0 N–H and O–H groups in total. The topological polar surface area (TPSA) is 116 Å². The van der Waals surface area contributed by atoms with Crippen molar-refractivity contribution in [2.24, 2.45) is 0 Å². The van der Waals surface area contributed by atoms with E-state index in [0.717, 1.165) is 5.57 Å². The van der Waals surface area contributed by atoms with Crippen molar-refractivity contribution in [2.75, 3.05) is 47.4 Å². The van der Waals surface area contributed by atoms with Crippen molar-refractivity contribution in [1.29, 1.82) is 0 Å². The third-order valence-corrected chi connectivity index (χ3v) is 5.39. The Balaban J connectivity index is 2.43. The number of methoxy groups -OCH3 is 2.